The topological polar surface area (TPSA) is 24.9 Å². The SMILES string of the molecule is Cc1ncsc1CCNc1cc(C(F)(F)F)ccc1Br. The molecule has 0 spiro atoms. The van der Waals surface area contributed by atoms with Crippen LogP contribution < -0.4 is 5.32 Å². The number of anilines is 1. The van der Waals surface area contributed by atoms with Crippen LogP contribution in [0.1, 0.15) is 16.1 Å². The van der Waals surface area contributed by atoms with Crippen molar-refractivity contribution in [2.75, 3.05) is 11.9 Å². The molecular weight excluding hydrogens is 353 g/mol. The van der Waals surface area contributed by atoms with Crippen molar-refractivity contribution in [2.24, 2.45) is 0 Å². The molecule has 1 N–H and O–H groups in total. The third kappa shape index (κ3) is 3.73. The molecule has 0 amide bonds. The lowest BCUT2D eigenvalue weighted by Crippen LogP contribution is -2.09. The van der Waals surface area contributed by atoms with Crippen molar-refractivity contribution in [3.63, 3.8) is 0 Å². The average molecular weight is 365 g/mol. The Kier molecular flexibility index (Phi) is 4.70. The molecule has 0 aliphatic heterocycles. The number of rotatable bonds is 4. The standard InChI is InChI=1S/C13H12BrF3N2S/c1-8-12(20-7-19-8)4-5-18-11-6-9(13(15,16)17)2-3-10(11)14/h2-3,6-7,18H,4-5H2,1H3. The second-order valence-corrected chi connectivity index (χ2v) is 6.02. The average Bonchev–Trinajstić information content (AvgIpc) is 2.76. The summed E-state index contributed by atoms with van der Waals surface area (Å²) in [4.78, 5) is 5.28. The van der Waals surface area contributed by atoms with Gasteiger partial charge in [0.25, 0.3) is 0 Å². The van der Waals surface area contributed by atoms with Crippen molar-refractivity contribution in [2.45, 2.75) is 19.5 Å². The first-order chi connectivity index (χ1) is 9.38. The van der Waals surface area contributed by atoms with Crippen molar-refractivity contribution in [1.29, 1.82) is 0 Å². The number of halogens is 4. The lowest BCUT2D eigenvalue weighted by atomic mass is 10.2. The van der Waals surface area contributed by atoms with Gasteiger partial charge in [0.05, 0.1) is 16.8 Å². The first kappa shape index (κ1) is 15.3. The number of nitrogens with one attached hydrogen (secondary N) is 1. The largest absolute Gasteiger partial charge is 0.416 e. The fourth-order valence-corrected chi connectivity index (χ4v) is 2.88. The second-order valence-electron chi connectivity index (χ2n) is 4.23. The van der Waals surface area contributed by atoms with Gasteiger partial charge >= 0.3 is 6.18 Å². The number of hydrogen-bond donors (Lipinski definition) is 1. The van der Waals surface area contributed by atoms with E-state index in [0.717, 1.165) is 29.1 Å². The molecule has 0 saturated carbocycles. The predicted molar refractivity (Wildman–Crippen MR) is 78.2 cm³/mol. The molecule has 1 heterocycles. The van der Waals surface area contributed by atoms with E-state index in [2.05, 4.69) is 26.2 Å². The van der Waals surface area contributed by atoms with E-state index < -0.39 is 11.7 Å². The molecule has 0 fully saturated rings. The molecule has 1 aromatic heterocycles. The second kappa shape index (κ2) is 6.13. The van der Waals surface area contributed by atoms with Crippen LogP contribution in [0, 0.1) is 6.92 Å². The first-order valence-electron chi connectivity index (χ1n) is 5.87. The van der Waals surface area contributed by atoms with Gasteiger partial charge in [0.1, 0.15) is 0 Å². The Morgan fingerprint density at radius 1 is 1.35 bits per heavy atom. The Morgan fingerprint density at radius 2 is 2.10 bits per heavy atom. The molecular formula is C13H12BrF3N2S. The first-order valence-corrected chi connectivity index (χ1v) is 7.55. The summed E-state index contributed by atoms with van der Waals surface area (Å²) < 4.78 is 38.6. The van der Waals surface area contributed by atoms with E-state index in [1.165, 1.54) is 6.07 Å². The number of nitrogens with zero attached hydrogens (tertiary/aromatic N) is 1. The zero-order chi connectivity index (χ0) is 14.8. The Morgan fingerprint density at radius 3 is 2.70 bits per heavy atom. The van der Waals surface area contributed by atoms with Gasteiger partial charge in [-0.25, -0.2) is 4.98 Å². The van der Waals surface area contributed by atoms with Crippen molar-refractivity contribution in [3.05, 3.63) is 44.3 Å². The summed E-state index contributed by atoms with van der Waals surface area (Å²) in [5.41, 5.74) is 2.53. The van der Waals surface area contributed by atoms with E-state index >= 15 is 0 Å². The minimum absolute atomic E-state index is 0.446. The molecule has 1 aromatic carbocycles. The number of aryl methyl sites for hydroxylation is 1. The van der Waals surface area contributed by atoms with Crippen LogP contribution in [0.2, 0.25) is 0 Å². The third-order valence-electron chi connectivity index (χ3n) is 2.81. The Balaban J connectivity index is 2.04. The zero-order valence-corrected chi connectivity index (χ0v) is 13.0. The number of aromatic nitrogens is 1. The molecule has 2 nitrogen and oxygen atoms in total. The zero-order valence-electron chi connectivity index (χ0n) is 10.6. The molecule has 20 heavy (non-hydrogen) atoms. The third-order valence-corrected chi connectivity index (χ3v) is 4.49. The number of benzene rings is 1. The van der Waals surface area contributed by atoms with Crippen molar-refractivity contribution >= 4 is 33.0 Å². The van der Waals surface area contributed by atoms with E-state index in [1.807, 2.05) is 6.92 Å². The predicted octanol–water partition coefficient (Wildman–Crippen LogP) is 4.89. The Hall–Kier alpha value is -1.08. The Bertz CT molecular complexity index is 596. The van der Waals surface area contributed by atoms with Crippen LogP contribution in [-0.4, -0.2) is 11.5 Å². The maximum Gasteiger partial charge on any atom is 0.416 e. The maximum atomic E-state index is 12.6. The molecule has 0 atom stereocenters. The number of alkyl halides is 3. The highest BCUT2D eigenvalue weighted by molar-refractivity contribution is 9.10. The molecule has 0 aliphatic carbocycles. The molecule has 2 aromatic rings. The van der Waals surface area contributed by atoms with E-state index in [9.17, 15) is 13.2 Å². The minimum Gasteiger partial charge on any atom is -0.384 e. The summed E-state index contributed by atoms with van der Waals surface area (Å²) in [6.45, 7) is 2.48. The van der Waals surface area contributed by atoms with Crippen LogP contribution in [0.25, 0.3) is 0 Å². The summed E-state index contributed by atoms with van der Waals surface area (Å²) in [6.07, 6.45) is -3.59. The fourth-order valence-electron chi connectivity index (χ4n) is 1.71. The van der Waals surface area contributed by atoms with Gasteiger partial charge in [0.2, 0.25) is 0 Å². The van der Waals surface area contributed by atoms with Gasteiger partial charge < -0.3 is 5.32 Å². The van der Waals surface area contributed by atoms with Gasteiger partial charge in [-0.3, -0.25) is 0 Å². The summed E-state index contributed by atoms with van der Waals surface area (Å²) in [7, 11) is 0. The minimum atomic E-state index is -4.33. The lowest BCUT2D eigenvalue weighted by Gasteiger charge is -2.12. The summed E-state index contributed by atoms with van der Waals surface area (Å²) in [6, 6.07) is 3.58. The van der Waals surface area contributed by atoms with Crippen LogP contribution in [0.3, 0.4) is 0 Å². The molecule has 0 bridgehead atoms. The van der Waals surface area contributed by atoms with Crippen LogP contribution in [0.5, 0.6) is 0 Å². The van der Waals surface area contributed by atoms with Crippen LogP contribution in [0.4, 0.5) is 18.9 Å². The quantitative estimate of drug-likeness (QED) is 0.835. The van der Waals surface area contributed by atoms with Crippen molar-refractivity contribution in [3.8, 4) is 0 Å². The van der Waals surface area contributed by atoms with E-state index in [4.69, 9.17) is 0 Å². The molecule has 0 radical (unpaired) electrons. The summed E-state index contributed by atoms with van der Waals surface area (Å²) in [5.74, 6) is 0. The molecule has 0 aliphatic rings. The van der Waals surface area contributed by atoms with Gasteiger partial charge in [-0.15, -0.1) is 11.3 Å². The van der Waals surface area contributed by atoms with Gasteiger partial charge in [-0.05, 0) is 41.1 Å². The van der Waals surface area contributed by atoms with E-state index in [0.29, 0.717) is 16.7 Å². The fraction of sp³-hybridized carbons (Fsp3) is 0.308. The van der Waals surface area contributed by atoms with Crippen LogP contribution >= 0.6 is 27.3 Å². The summed E-state index contributed by atoms with van der Waals surface area (Å²) >= 11 is 4.80. The number of thiazole rings is 1. The molecule has 0 saturated heterocycles. The van der Waals surface area contributed by atoms with E-state index in [-0.39, 0.29) is 0 Å². The highest BCUT2D eigenvalue weighted by atomic mass is 79.9. The molecule has 2 rings (SSSR count). The molecule has 0 unspecified atom stereocenters. The van der Waals surface area contributed by atoms with Crippen LogP contribution in [-0.2, 0) is 12.6 Å². The van der Waals surface area contributed by atoms with Crippen molar-refractivity contribution < 1.29 is 13.2 Å². The normalized spacial score (nSPS) is 11.7. The Labute approximate surface area is 127 Å². The highest BCUT2D eigenvalue weighted by Gasteiger charge is 2.30. The molecule has 7 heteroatoms. The van der Waals surface area contributed by atoms with Crippen LogP contribution in [0.15, 0.2) is 28.2 Å². The monoisotopic (exact) mass is 364 g/mol. The summed E-state index contributed by atoms with van der Waals surface area (Å²) in [5, 5.41) is 3.02. The van der Waals surface area contributed by atoms with Gasteiger partial charge in [-0.2, -0.15) is 13.2 Å². The van der Waals surface area contributed by atoms with Gasteiger partial charge in [-0.1, -0.05) is 0 Å². The highest BCUT2D eigenvalue weighted by Crippen LogP contribution is 2.33. The van der Waals surface area contributed by atoms with Crippen molar-refractivity contribution in [1.82, 2.24) is 4.98 Å². The van der Waals surface area contributed by atoms with Gasteiger partial charge in [0.15, 0.2) is 0 Å². The number of hydrogen-bond acceptors (Lipinski definition) is 3. The molecule has 108 valence electrons. The maximum absolute atomic E-state index is 12.6. The van der Waals surface area contributed by atoms with Gasteiger partial charge in [0, 0.05) is 28.0 Å². The lowest BCUT2D eigenvalue weighted by molar-refractivity contribution is -0.137. The smallest absolute Gasteiger partial charge is 0.384 e. The van der Waals surface area contributed by atoms with E-state index in [1.54, 1.807) is 16.8 Å².